The average molecular weight is 506 g/mol. The molecule has 1 aliphatic heterocycles. The molecular weight excluding hydrogens is 480 g/mol. The number of carbonyl (C=O) groups is 3. The summed E-state index contributed by atoms with van der Waals surface area (Å²) < 4.78 is 29.1. The van der Waals surface area contributed by atoms with Gasteiger partial charge in [0.25, 0.3) is 11.8 Å². The van der Waals surface area contributed by atoms with Gasteiger partial charge in [-0.3, -0.25) is 14.4 Å². The Hall–Kier alpha value is -3.01. The predicted molar refractivity (Wildman–Crippen MR) is 124 cm³/mol. The summed E-state index contributed by atoms with van der Waals surface area (Å²) in [5, 5.41) is 2.82. The van der Waals surface area contributed by atoms with Gasteiger partial charge in [-0.05, 0) is 57.4 Å². The van der Waals surface area contributed by atoms with Crippen LogP contribution in [-0.2, 0) is 4.79 Å². The van der Waals surface area contributed by atoms with Crippen molar-refractivity contribution in [1.82, 2.24) is 14.9 Å². The molecule has 3 N–H and O–H groups in total. The summed E-state index contributed by atoms with van der Waals surface area (Å²) in [6.45, 7) is 0.377. The van der Waals surface area contributed by atoms with Crippen LogP contribution in [0.4, 0.5) is 14.5 Å². The van der Waals surface area contributed by atoms with Gasteiger partial charge in [0, 0.05) is 30.1 Å². The Kier molecular flexibility index (Phi) is 6.03. The number of nitrogens with one attached hydrogen (secondary N) is 1. The van der Waals surface area contributed by atoms with E-state index < -0.39 is 28.9 Å². The van der Waals surface area contributed by atoms with Gasteiger partial charge >= 0.3 is 0 Å². The first-order valence-corrected chi connectivity index (χ1v) is 12.2. The van der Waals surface area contributed by atoms with Crippen molar-refractivity contribution in [1.29, 1.82) is 0 Å². The van der Waals surface area contributed by atoms with Gasteiger partial charge in [0.05, 0.1) is 17.0 Å². The number of piperidine rings is 1. The number of aromatic nitrogens is 2. The molecule has 3 fully saturated rings. The van der Waals surface area contributed by atoms with E-state index in [1.807, 2.05) is 0 Å². The lowest BCUT2D eigenvalue weighted by atomic mass is 9.67. The van der Waals surface area contributed by atoms with Crippen LogP contribution in [0.2, 0.25) is 5.02 Å². The Balaban J connectivity index is 1.35. The highest BCUT2D eigenvalue weighted by Gasteiger charge is 2.47. The molecule has 0 atom stereocenters. The van der Waals surface area contributed by atoms with Crippen LogP contribution in [0.1, 0.15) is 78.4 Å². The number of carbonyl (C=O) groups excluding carboxylic acids is 3. The second-order valence-corrected chi connectivity index (χ2v) is 10.2. The molecule has 11 heteroatoms. The molecular formula is C24H26ClF2N5O3. The Morgan fingerprint density at radius 3 is 2.46 bits per heavy atom. The van der Waals surface area contributed by atoms with Gasteiger partial charge in [-0.25, -0.2) is 13.8 Å². The highest BCUT2D eigenvalue weighted by Crippen LogP contribution is 2.49. The van der Waals surface area contributed by atoms with Crippen LogP contribution < -0.4 is 16.0 Å². The summed E-state index contributed by atoms with van der Waals surface area (Å²) in [6.07, 6.45) is 6.89. The number of anilines is 1. The molecule has 1 aromatic heterocycles. The van der Waals surface area contributed by atoms with Crippen LogP contribution in [0.25, 0.3) is 0 Å². The highest BCUT2D eigenvalue weighted by molar-refractivity contribution is 6.33. The average Bonchev–Trinajstić information content (AvgIpc) is 3.52. The van der Waals surface area contributed by atoms with Crippen molar-refractivity contribution in [2.45, 2.75) is 63.5 Å². The molecule has 0 radical (unpaired) electrons. The lowest BCUT2D eigenvalue weighted by molar-refractivity contribution is -0.133. The third-order valence-electron chi connectivity index (χ3n) is 7.48. The van der Waals surface area contributed by atoms with E-state index in [9.17, 15) is 23.2 Å². The van der Waals surface area contributed by atoms with Gasteiger partial charge in [0.1, 0.15) is 5.69 Å². The standard InChI is InChI=1S/C24H26ClF2N5O3/c25-15-10-16(26)17(27)11-18(15)31-9-1-6-24(23(31)35)7-4-14(5-8-24)32-12-29-19(20(32)21(28)33)22(34)30-13-2-3-13/h10-14H,1-9H2,(H2,28,33)(H,30,34). The Labute approximate surface area is 205 Å². The zero-order valence-electron chi connectivity index (χ0n) is 19.0. The van der Waals surface area contributed by atoms with Crippen molar-refractivity contribution in [3.63, 3.8) is 0 Å². The molecule has 0 unspecified atom stereocenters. The highest BCUT2D eigenvalue weighted by atomic mass is 35.5. The third-order valence-corrected chi connectivity index (χ3v) is 7.78. The SMILES string of the molecule is NC(=O)c1c(C(=O)NC2CC2)ncn1C1CCC2(CCCN(c3cc(F)c(F)cc3Cl)C2=O)CC1. The fraction of sp³-hybridized carbons (Fsp3) is 0.500. The molecule has 2 saturated carbocycles. The summed E-state index contributed by atoms with van der Waals surface area (Å²) in [7, 11) is 0. The smallest absolute Gasteiger partial charge is 0.272 e. The maximum absolute atomic E-state index is 13.9. The zero-order chi connectivity index (χ0) is 24.9. The van der Waals surface area contributed by atoms with E-state index in [1.165, 1.54) is 11.2 Å². The number of nitrogens with two attached hydrogens (primary N) is 1. The molecule has 2 aliphatic carbocycles. The summed E-state index contributed by atoms with van der Waals surface area (Å²) in [4.78, 5) is 44.0. The molecule has 1 spiro atoms. The Morgan fingerprint density at radius 1 is 1.11 bits per heavy atom. The topological polar surface area (TPSA) is 110 Å². The fourth-order valence-electron chi connectivity index (χ4n) is 5.45. The van der Waals surface area contributed by atoms with E-state index in [0.717, 1.165) is 25.0 Å². The van der Waals surface area contributed by atoms with Crippen LogP contribution in [0.3, 0.4) is 0 Å². The summed E-state index contributed by atoms with van der Waals surface area (Å²) in [6, 6.07) is 1.83. The number of imidazole rings is 1. The summed E-state index contributed by atoms with van der Waals surface area (Å²) in [5.74, 6) is -3.40. The first-order valence-electron chi connectivity index (χ1n) is 11.8. The molecule has 1 aromatic carbocycles. The number of halogens is 3. The maximum Gasteiger partial charge on any atom is 0.272 e. The molecule has 35 heavy (non-hydrogen) atoms. The molecule has 5 rings (SSSR count). The minimum absolute atomic E-state index is 0.00972. The third kappa shape index (κ3) is 4.28. The molecule has 1 saturated heterocycles. The normalized spacial score (nSPS) is 24.6. The Morgan fingerprint density at radius 2 is 1.80 bits per heavy atom. The van der Waals surface area contributed by atoms with Crippen molar-refractivity contribution in [2.75, 3.05) is 11.4 Å². The number of nitrogens with zero attached hydrogens (tertiary/aromatic N) is 3. The quantitative estimate of drug-likeness (QED) is 0.603. The zero-order valence-corrected chi connectivity index (χ0v) is 19.8. The first-order chi connectivity index (χ1) is 16.7. The van der Waals surface area contributed by atoms with Crippen molar-refractivity contribution < 1.29 is 23.2 Å². The van der Waals surface area contributed by atoms with E-state index in [-0.39, 0.29) is 40.1 Å². The van der Waals surface area contributed by atoms with Gasteiger partial charge in [-0.1, -0.05) is 11.6 Å². The Bertz CT molecular complexity index is 1200. The van der Waals surface area contributed by atoms with Crippen molar-refractivity contribution in [2.24, 2.45) is 11.1 Å². The minimum Gasteiger partial charge on any atom is -0.364 e. The van der Waals surface area contributed by atoms with Crippen molar-refractivity contribution >= 4 is 35.0 Å². The van der Waals surface area contributed by atoms with Crippen LogP contribution >= 0.6 is 11.6 Å². The molecule has 186 valence electrons. The van der Waals surface area contributed by atoms with E-state index >= 15 is 0 Å². The van der Waals surface area contributed by atoms with Gasteiger partial charge in [0.2, 0.25) is 5.91 Å². The number of benzene rings is 1. The second-order valence-electron chi connectivity index (χ2n) is 9.75. The molecule has 2 aromatic rings. The van der Waals surface area contributed by atoms with E-state index in [1.54, 1.807) is 4.57 Å². The van der Waals surface area contributed by atoms with Crippen LogP contribution in [0.5, 0.6) is 0 Å². The van der Waals surface area contributed by atoms with Gasteiger partial charge in [-0.15, -0.1) is 0 Å². The van der Waals surface area contributed by atoms with E-state index in [4.69, 9.17) is 17.3 Å². The molecule has 8 nitrogen and oxygen atoms in total. The van der Waals surface area contributed by atoms with Crippen molar-refractivity contribution in [3.8, 4) is 0 Å². The van der Waals surface area contributed by atoms with Gasteiger partial charge in [0.15, 0.2) is 17.3 Å². The number of hydrogen-bond donors (Lipinski definition) is 2. The largest absolute Gasteiger partial charge is 0.364 e. The minimum atomic E-state index is -1.06. The lowest BCUT2D eigenvalue weighted by Gasteiger charge is -2.46. The number of primary amides is 1. The number of rotatable bonds is 5. The monoisotopic (exact) mass is 505 g/mol. The van der Waals surface area contributed by atoms with Crippen LogP contribution in [0.15, 0.2) is 18.5 Å². The summed E-state index contributed by atoms with van der Waals surface area (Å²) in [5.41, 5.74) is 5.25. The van der Waals surface area contributed by atoms with Crippen molar-refractivity contribution in [3.05, 3.63) is 46.5 Å². The van der Waals surface area contributed by atoms with E-state index in [0.29, 0.717) is 45.1 Å². The van der Waals surface area contributed by atoms with Crippen LogP contribution in [0, 0.1) is 17.0 Å². The van der Waals surface area contributed by atoms with Gasteiger partial charge < -0.3 is 20.5 Å². The van der Waals surface area contributed by atoms with Gasteiger partial charge in [-0.2, -0.15) is 0 Å². The molecule has 3 amide bonds. The molecule has 0 bridgehead atoms. The summed E-state index contributed by atoms with van der Waals surface area (Å²) >= 11 is 6.15. The van der Waals surface area contributed by atoms with E-state index in [2.05, 4.69) is 10.3 Å². The lowest BCUT2D eigenvalue weighted by Crippen LogP contribution is -2.50. The maximum atomic E-state index is 13.9. The van der Waals surface area contributed by atoms with Crippen LogP contribution in [-0.4, -0.2) is 39.9 Å². The number of hydrogen-bond acceptors (Lipinski definition) is 4. The molecule has 2 heterocycles. The fourth-order valence-corrected chi connectivity index (χ4v) is 5.70. The predicted octanol–water partition coefficient (Wildman–Crippen LogP) is 3.73. The second kappa shape index (κ2) is 8.89. The molecule has 3 aliphatic rings. The first kappa shape index (κ1) is 23.7. The number of amides is 3.